The van der Waals surface area contributed by atoms with E-state index in [1.165, 1.54) is 16.9 Å². The average molecular weight is 285 g/mol. The average Bonchev–Trinajstić information content (AvgIpc) is 3.08. The molecule has 20 heavy (non-hydrogen) atoms. The summed E-state index contributed by atoms with van der Waals surface area (Å²) in [4.78, 5) is 8.70. The van der Waals surface area contributed by atoms with Gasteiger partial charge in [0.1, 0.15) is 5.82 Å². The van der Waals surface area contributed by atoms with Gasteiger partial charge in [-0.3, -0.25) is 5.10 Å². The van der Waals surface area contributed by atoms with Crippen LogP contribution in [0.1, 0.15) is 22.9 Å². The van der Waals surface area contributed by atoms with Crippen molar-refractivity contribution >= 4 is 16.5 Å². The van der Waals surface area contributed by atoms with Gasteiger partial charge in [0.15, 0.2) is 11.0 Å². The lowest BCUT2D eigenvalue weighted by Gasteiger charge is -1.96. The first-order chi connectivity index (χ1) is 9.79. The zero-order valence-corrected chi connectivity index (χ0v) is 11.7. The summed E-state index contributed by atoms with van der Waals surface area (Å²) in [5.41, 5.74) is 7.84. The fraction of sp³-hybridized carbons (Fsp3) is 0.214. The summed E-state index contributed by atoms with van der Waals surface area (Å²) in [6, 6.07) is 10.3. The van der Waals surface area contributed by atoms with Gasteiger partial charge < -0.3 is 5.73 Å². The number of H-pyrrole nitrogens is 1. The van der Waals surface area contributed by atoms with Gasteiger partial charge in [-0.25, -0.2) is 9.97 Å². The molecule has 5 nitrogen and oxygen atoms in total. The molecule has 0 aliphatic rings. The number of aromatic nitrogens is 4. The molecule has 2 heterocycles. The monoisotopic (exact) mass is 285 g/mol. The Hall–Kier alpha value is -2.21. The Labute approximate surface area is 120 Å². The summed E-state index contributed by atoms with van der Waals surface area (Å²) in [5, 5.41) is 9.74. The predicted octanol–water partition coefficient (Wildman–Crippen LogP) is 2.22. The summed E-state index contributed by atoms with van der Waals surface area (Å²) in [6.07, 6.45) is 2.42. The van der Waals surface area contributed by atoms with E-state index in [0.29, 0.717) is 11.6 Å². The van der Waals surface area contributed by atoms with Crippen molar-refractivity contribution in [1.82, 2.24) is 20.2 Å². The predicted molar refractivity (Wildman–Crippen MR) is 79.6 cm³/mol. The van der Waals surface area contributed by atoms with Crippen LogP contribution in [-0.4, -0.2) is 20.2 Å². The molecule has 0 spiro atoms. The lowest BCUT2D eigenvalue weighted by Crippen LogP contribution is -1.94. The first kappa shape index (κ1) is 12.8. The third kappa shape index (κ3) is 3.21. The molecular formula is C14H15N5S. The second kappa shape index (κ2) is 5.83. The third-order valence-corrected chi connectivity index (χ3v) is 3.70. The number of hydrogen-bond acceptors (Lipinski definition) is 5. The van der Waals surface area contributed by atoms with Gasteiger partial charge in [0.25, 0.3) is 0 Å². The zero-order valence-electron chi connectivity index (χ0n) is 10.9. The molecule has 0 saturated carbocycles. The quantitative estimate of drug-likeness (QED) is 0.753. The van der Waals surface area contributed by atoms with Crippen molar-refractivity contribution in [3.63, 3.8) is 0 Å². The Morgan fingerprint density at radius 3 is 2.70 bits per heavy atom. The lowest BCUT2D eigenvalue weighted by molar-refractivity contribution is 0.865. The molecule has 0 radical (unpaired) electrons. The van der Waals surface area contributed by atoms with Gasteiger partial charge in [0.2, 0.25) is 0 Å². The number of nitrogens with zero attached hydrogens (tertiary/aromatic N) is 3. The van der Waals surface area contributed by atoms with E-state index in [-0.39, 0.29) is 0 Å². The molecule has 0 unspecified atom stereocenters. The van der Waals surface area contributed by atoms with Gasteiger partial charge in [-0.05, 0) is 12.0 Å². The molecule has 6 heteroatoms. The maximum Gasteiger partial charge on any atom is 0.180 e. The Morgan fingerprint density at radius 1 is 1.10 bits per heavy atom. The largest absolute Gasteiger partial charge is 0.375 e. The number of hydrogen-bond donors (Lipinski definition) is 2. The number of benzene rings is 1. The van der Waals surface area contributed by atoms with Crippen LogP contribution in [-0.2, 0) is 19.3 Å². The highest BCUT2D eigenvalue weighted by Gasteiger charge is 2.06. The second-order valence-corrected chi connectivity index (χ2v) is 5.43. The van der Waals surface area contributed by atoms with Crippen molar-refractivity contribution in [3.05, 3.63) is 58.6 Å². The van der Waals surface area contributed by atoms with Crippen LogP contribution in [0.4, 0.5) is 5.13 Å². The van der Waals surface area contributed by atoms with Crippen molar-refractivity contribution in [2.24, 2.45) is 0 Å². The van der Waals surface area contributed by atoms with E-state index in [9.17, 15) is 0 Å². The number of aryl methyl sites for hydroxylation is 2. The van der Waals surface area contributed by atoms with Crippen LogP contribution in [0.15, 0.2) is 35.7 Å². The number of nitrogens with two attached hydrogens (primary N) is 1. The fourth-order valence-electron chi connectivity index (χ4n) is 2.00. The molecule has 0 fully saturated rings. The van der Waals surface area contributed by atoms with Crippen molar-refractivity contribution in [2.45, 2.75) is 19.3 Å². The van der Waals surface area contributed by atoms with Crippen LogP contribution in [0.5, 0.6) is 0 Å². The number of rotatable bonds is 5. The first-order valence-corrected chi connectivity index (χ1v) is 7.31. The minimum Gasteiger partial charge on any atom is -0.375 e. The van der Waals surface area contributed by atoms with Crippen molar-refractivity contribution in [1.29, 1.82) is 0 Å². The molecule has 0 aliphatic heterocycles. The van der Waals surface area contributed by atoms with Crippen LogP contribution in [0.3, 0.4) is 0 Å². The van der Waals surface area contributed by atoms with E-state index in [2.05, 4.69) is 32.3 Å². The molecule has 3 aromatic rings. The number of nitrogen functional groups attached to an aromatic ring is 1. The highest BCUT2D eigenvalue weighted by molar-refractivity contribution is 7.13. The van der Waals surface area contributed by atoms with Crippen molar-refractivity contribution in [3.8, 4) is 0 Å². The topological polar surface area (TPSA) is 80.5 Å². The van der Waals surface area contributed by atoms with Gasteiger partial charge in [0, 0.05) is 11.8 Å². The lowest BCUT2D eigenvalue weighted by atomic mass is 10.1. The van der Waals surface area contributed by atoms with Gasteiger partial charge in [0.05, 0.1) is 12.1 Å². The molecule has 2 aromatic heterocycles. The van der Waals surface area contributed by atoms with E-state index in [0.717, 1.165) is 30.2 Å². The van der Waals surface area contributed by atoms with E-state index < -0.39 is 0 Å². The molecule has 0 aliphatic carbocycles. The van der Waals surface area contributed by atoms with Gasteiger partial charge >= 0.3 is 0 Å². The smallest absolute Gasteiger partial charge is 0.180 e. The number of thiazole rings is 1. The van der Waals surface area contributed by atoms with Crippen LogP contribution in [0, 0.1) is 0 Å². The molecule has 0 bridgehead atoms. The first-order valence-electron chi connectivity index (χ1n) is 6.43. The maximum atomic E-state index is 5.61. The molecule has 1 aromatic carbocycles. The Bertz CT molecular complexity index is 674. The summed E-state index contributed by atoms with van der Waals surface area (Å²) in [6.45, 7) is 0. The standard InChI is InChI=1S/C14H15N5S/c15-14-16-11(9-20-14)8-13-17-12(18-19-13)7-6-10-4-2-1-3-5-10/h1-5,9H,6-8H2,(H2,15,16)(H,17,18,19). The minimum atomic E-state index is 0.587. The molecule has 0 amide bonds. The zero-order chi connectivity index (χ0) is 13.8. The molecule has 102 valence electrons. The minimum absolute atomic E-state index is 0.587. The molecule has 3 rings (SSSR count). The third-order valence-electron chi connectivity index (χ3n) is 2.98. The SMILES string of the molecule is Nc1nc(Cc2nc(CCc3ccccc3)n[nH]2)cs1. The highest BCUT2D eigenvalue weighted by atomic mass is 32.1. The summed E-state index contributed by atoms with van der Waals surface area (Å²) < 4.78 is 0. The fourth-order valence-corrected chi connectivity index (χ4v) is 2.56. The summed E-state index contributed by atoms with van der Waals surface area (Å²) in [5.74, 6) is 1.67. The molecule has 0 atom stereocenters. The Morgan fingerprint density at radius 2 is 1.95 bits per heavy atom. The number of aromatic amines is 1. The van der Waals surface area contributed by atoms with Crippen LogP contribution in [0.25, 0.3) is 0 Å². The van der Waals surface area contributed by atoms with Crippen LogP contribution < -0.4 is 5.73 Å². The van der Waals surface area contributed by atoms with Gasteiger partial charge in [-0.1, -0.05) is 30.3 Å². The molecule has 0 saturated heterocycles. The van der Waals surface area contributed by atoms with Gasteiger partial charge in [-0.15, -0.1) is 11.3 Å². The van der Waals surface area contributed by atoms with E-state index in [1.54, 1.807) is 0 Å². The second-order valence-electron chi connectivity index (χ2n) is 4.54. The van der Waals surface area contributed by atoms with Gasteiger partial charge in [-0.2, -0.15) is 5.10 Å². The number of nitrogens with one attached hydrogen (secondary N) is 1. The van der Waals surface area contributed by atoms with E-state index in [1.807, 2.05) is 23.6 Å². The summed E-state index contributed by atoms with van der Waals surface area (Å²) in [7, 11) is 0. The van der Waals surface area contributed by atoms with Crippen molar-refractivity contribution < 1.29 is 0 Å². The number of anilines is 1. The molecule has 3 N–H and O–H groups in total. The Kier molecular flexibility index (Phi) is 3.73. The molecular weight excluding hydrogens is 270 g/mol. The van der Waals surface area contributed by atoms with E-state index in [4.69, 9.17) is 5.73 Å². The van der Waals surface area contributed by atoms with E-state index >= 15 is 0 Å². The van der Waals surface area contributed by atoms with Crippen LogP contribution in [0.2, 0.25) is 0 Å². The highest BCUT2D eigenvalue weighted by Crippen LogP contribution is 2.13. The normalized spacial score (nSPS) is 10.8. The van der Waals surface area contributed by atoms with Crippen LogP contribution >= 0.6 is 11.3 Å². The summed E-state index contributed by atoms with van der Waals surface area (Å²) >= 11 is 1.44. The Balaban J connectivity index is 1.59. The maximum absolute atomic E-state index is 5.61. The van der Waals surface area contributed by atoms with Crippen molar-refractivity contribution in [2.75, 3.05) is 5.73 Å².